The molecule has 0 saturated heterocycles. The van der Waals surface area contributed by atoms with Crippen LogP contribution in [0, 0.1) is 5.92 Å². The fourth-order valence-corrected chi connectivity index (χ4v) is 2.98. The summed E-state index contributed by atoms with van der Waals surface area (Å²) in [6, 6.07) is 8.36. The number of nitrogens with two attached hydrogens (primary N) is 1. The van der Waals surface area contributed by atoms with Crippen molar-refractivity contribution in [2.75, 3.05) is 7.11 Å². The van der Waals surface area contributed by atoms with Crippen LogP contribution >= 0.6 is 0 Å². The van der Waals surface area contributed by atoms with Gasteiger partial charge in [0.15, 0.2) is 0 Å². The average molecular weight is 247 g/mol. The van der Waals surface area contributed by atoms with Gasteiger partial charge in [-0.1, -0.05) is 31.9 Å². The van der Waals surface area contributed by atoms with Crippen molar-refractivity contribution in [3.63, 3.8) is 0 Å². The van der Waals surface area contributed by atoms with Gasteiger partial charge in [0.25, 0.3) is 0 Å². The highest BCUT2D eigenvalue weighted by Crippen LogP contribution is 2.34. The van der Waals surface area contributed by atoms with E-state index < -0.39 is 0 Å². The molecule has 1 aliphatic rings. The molecular weight excluding hydrogens is 222 g/mol. The van der Waals surface area contributed by atoms with Gasteiger partial charge in [0.1, 0.15) is 5.75 Å². The Morgan fingerprint density at radius 1 is 1.28 bits per heavy atom. The molecule has 1 aromatic carbocycles. The van der Waals surface area contributed by atoms with E-state index in [1.165, 1.54) is 31.2 Å². The van der Waals surface area contributed by atoms with Gasteiger partial charge in [0.2, 0.25) is 0 Å². The number of ether oxygens (including phenoxy) is 1. The second-order valence-electron chi connectivity index (χ2n) is 5.73. The third-order valence-corrected chi connectivity index (χ3v) is 4.55. The molecule has 18 heavy (non-hydrogen) atoms. The molecule has 0 spiro atoms. The quantitative estimate of drug-likeness (QED) is 0.883. The SMILES string of the molecule is COc1ccc(CCC2(N)CCCCC2C)cc1. The molecule has 0 bridgehead atoms. The first kappa shape index (κ1) is 13.4. The van der Waals surface area contributed by atoms with Crippen LogP contribution in [0.4, 0.5) is 0 Å². The first-order valence-electron chi connectivity index (χ1n) is 7.06. The van der Waals surface area contributed by atoms with Crippen LogP contribution in [-0.2, 0) is 6.42 Å². The number of hydrogen-bond donors (Lipinski definition) is 1. The third-order valence-electron chi connectivity index (χ3n) is 4.55. The topological polar surface area (TPSA) is 35.2 Å². The molecule has 0 aliphatic heterocycles. The Morgan fingerprint density at radius 3 is 2.61 bits per heavy atom. The van der Waals surface area contributed by atoms with Crippen LogP contribution in [0.5, 0.6) is 5.75 Å². The molecule has 0 radical (unpaired) electrons. The van der Waals surface area contributed by atoms with Gasteiger partial charge in [0, 0.05) is 5.54 Å². The molecule has 1 aliphatic carbocycles. The Balaban J connectivity index is 1.93. The van der Waals surface area contributed by atoms with Gasteiger partial charge in [-0.15, -0.1) is 0 Å². The summed E-state index contributed by atoms with van der Waals surface area (Å²) in [6.45, 7) is 2.31. The molecule has 0 amide bonds. The van der Waals surface area contributed by atoms with Gasteiger partial charge in [-0.25, -0.2) is 0 Å². The lowest BCUT2D eigenvalue weighted by Gasteiger charge is -2.39. The lowest BCUT2D eigenvalue weighted by atomic mass is 9.71. The highest BCUT2D eigenvalue weighted by molar-refractivity contribution is 5.27. The van der Waals surface area contributed by atoms with E-state index in [1.807, 2.05) is 12.1 Å². The minimum absolute atomic E-state index is 0.0537. The Bertz CT molecular complexity index is 373. The van der Waals surface area contributed by atoms with E-state index >= 15 is 0 Å². The zero-order valence-electron chi connectivity index (χ0n) is 11.6. The van der Waals surface area contributed by atoms with Crippen LogP contribution in [0.25, 0.3) is 0 Å². The highest BCUT2D eigenvalue weighted by atomic mass is 16.5. The summed E-state index contributed by atoms with van der Waals surface area (Å²) in [4.78, 5) is 0. The van der Waals surface area contributed by atoms with Crippen molar-refractivity contribution in [2.24, 2.45) is 11.7 Å². The fourth-order valence-electron chi connectivity index (χ4n) is 2.98. The second kappa shape index (κ2) is 5.75. The van der Waals surface area contributed by atoms with Crippen LogP contribution in [-0.4, -0.2) is 12.6 Å². The maximum Gasteiger partial charge on any atom is 0.118 e. The lowest BCUT2D eigenvalue weighted by Crippen LogP contribution is -2.48. The highest BCUT2D eigenvalue weighted by Gasteiger charge is 2.33. The molecule has 0 heterocycles. The minimum atomic E-state index is 0.0537. The van der Waals surface area contributed by atoms with E-state index in [4.69, 9.17) is 10.5 Å². The van der Waals surface area contributed by atoms with Crippen LogP contribution in [0.1, 0.15) is 44.6 Å². The molecule has 2 rings (SSSR count). The number of methoxy groups -OCH3 is 1. The van der Waals surface area contributed by atoms with E-state index in [1.54, 1.807) is 7.11 Å². The lowest BCUT2D eigenvalue weighted by molar-refractivity contribution is 0.192. The molecule has 1 aromatic rings. The standard InChI is InChI=1S/C16H25NO/c1-13-5-3-4-11-16(13,17)12-10-14-6-8-15(18-2)9-7-14/h6-9,13H,3-5,10-12,17H2,1-2H3. The summed E-state index contributed by atoms with van der Waals surface area (Å²) in [5, 5.41) is 0. The Hall–Kier alpha value is -1.02. The van der Waals surface area contributed by atoms with Crippen LogP contribution in [0.2, 0.25) is 0 Å². The zero-order chi connectivity index (χ0) is 13.0. The summed E-state index contributed by atoms with van der Waals surface area (Å²) >= 11 is 0. The van der Waals surface area contributed by atoms with E-state index in [9.17, 15) is 0 Å². The molecular formula is C16H25NO. The normalized spacial score (nSPS) is 28.1. The molecule has 100 valence electrons. The van der Waals surface area contributed by atoms with Crippen molar-refractivity contribution in [3.05, 3.63) is 29.8 Å². The van der Waals surface area contributed by atoms with Crippen molar-refractivity contribution < 1.29 is 4.74 Å². The van der Waals surface area contributed by atoms with E-state index in [-0.39, 0.29) is 5.54 Å². The number of aryl methyl sites for hydroxylation is 1. The fraction of sp³-hybridized carbons (Fsp3) is 0.625. The molecule has 2 nitrogen and oxygen atoms in total. The predicted molar refractivity (Wildman–Crippen MR) is 75.9 cm³/mol. The van der Waals surface area contributed by atoms with E-state index in [0.29, 0.717) is 5.92 Å². The molecule has 1 saturated carbocycles. The maximum absolute atomic E-state index is 6.58. The minimum Gasteiger partial charge on any atom is -0.497 e. The molecule has 2 atom stereocenters. The Labute approximate surface area is 111 Å². The van der Waals surface area contributed by atoms with E-state index in [2.05, 4.69) is 19.1 Å². The smallest absolute Gasteiger partial charge is 0.118 e. The van der Waals surface area contributed by atoms with Crippen LogP contribution in [0.3, 0.4) is 0 Å². The van der Waals surface area contributed by atoms with Gasteiger partial charge < -0.3 is 10.5 Å². The summed E-state index contributed by atoms with van der Waals surface area (Å²) in [6.07, 6.45) is 7.29. The molecule has 1 fully saturated rings. The number of benzene rings is 1. The van der Waals surface area contributed by atoms with Crippen molar-refractivity contribution in [1.29, 1.82) is 0 Å². The summed E-state index contributed by atoms with van der Waals surface area (Å²) < 4.78 is 5.18. The van der Waals surface area contributed by atoms with Crippen molar-refractivity contribution in [1.82, 2.24) is 0 Å². The zero-order valence-corrected chi connectivity index (χ0v) is 11.6. The van der Waals surface area contributed by atoms with Gasteiger partial charge >= 0.3 is 0 Å². The van der Waals surface area contributed by atoms with Gasteiger partial charge in [-0.05, 0) is 49.3 Å². The molecule has 2 N–H and O–H groups in total. The average Bonchev–Trinajstić information content (AvgIpc) is 2.41. The monoisotopic (exact) mass is 247 g/mol. The summed E-state index contributed by atoms with van der Waals surface area (Å²) in [5.41, 5.74) is 8.00. The second-order valence-corrected chi connectivity index (χ2v) is 5.73. The van der Waals surface area contributed by atoms with Crippen molar-refractivity contribution in [3.8, 4) is 5.75 Å². The van der Waals surface area contributed by atoms with Gasteiger partial charge in [-0.3, -0.25) is 0 Å². The first-order valence-corrected chi connectivity index (χ1v) is 7.06. The predicted octanol–water partition coefficient (Wildman–Crippen LogP) is 3.54. The first-order chi connectivity index (χ1) is 8.64. The summed E-state index contributed by atoms with van der Waals surface area (Å²) in [7, 11) is 1.70. The van der Waals surface area contributed by atoms with Crippen LogP contribution < -0.4 is 10.5 Å². The van der Waals surface area contributed by atoms with Gasteiger partial charge in [0.05, 0.1) is 7.11 Å². The summed E-state index contributed by atoms with van der Waals surface area (Å²) in [5.74, 6) is 1.58. The van der Waals surface area contributed by atoms with Gasteiger partial charge in [-0.2, -0.15) is 0 Å². The van der Waals surface area contributed by atoms with Crippen LogP contribution in [0.15, 0.2) is 24.3 Å². The molecule has 2 heteroatoms. The van der Waals surface area contributed by atoms with Crippen molar-refractivity contribution >= 4 is 0 Å². The maximum atomic E-state index is 6.58. The third kappa shape index (κ3) is 3.05. The Kier molecular flexibility index (Phi) is 4.28. The largest absolute Gasteiger partial charge is 0.497 e. The molecule has 0 aromatic heterocycles. The number of rotatable bonds is 4. The Morgan fingerprint density at radius 2 is 2.00 bits per heavy atom. The van der Waals surface area contributed by atoms with E-state index in [0.717, 1.165) is 18.6 Å². The number of hydrogen-bond acceptors (Lipinski definition) is 2. The van der Waals surface area contributed by atoms with Crippen molar-refractivity contribution in [2.45, 2.75) is 51.0 Å². The molecule has 2 unspecified atom stereocenters.